The summed E-state index contributed by atoms with van der Waals surface area (Å²) in [6.45, 7) is 7.56. The van der Waals surface area contributed by atoms with Crippen molar-refractivity contribution in [3.05, 3.63) is 45.8 Å². The smallest absolute Gasteiger partial charge is 0.144 e. The fraction of sp³-hybridized carbons (Fsp3) is 0.474. The Kier molecular flexibility index (Phi) is 7.50. The van der Waals surface area contributed by atoms with Gasteiger partial charge in [-0.1, -0.05) is 31.9 Å². The van der Waals surface area contributed by atoms with E-state index in [0.29, 0.717) is 13.2 Å². The molecule has 1 aromatic carbocycles. The molecule has 0 aliphatic carbocycles. The van der Waals surface area contributed by atoms with Gasteiger partial charge in [0.25, 0.3) is 0 Å². The Morgan fingerprint density at radius 2 is 2.00 bits per heavy atom. The highest BCUT2D eigenvalue weighted by atomic mass is 79.9. The molecule has 0 amide bonds. The van der Waals surface area contributed by atoms with Gasteiger partial charge in [-0.15, -0.1) is 0 Å². The van der Waals surface area contributed by atoms with Crippen molar-refractivity contribution in [3.8, 4) is 5.75 Å². The van der Waals surface area contributed by atoms with Gasteiger partial charge in [-0.25, -0.2) is 9.97 Å². The molecule has 2 rings (SSSR count). The molecule has 0 spiro atoms. The molecule has 0 bridgehead atoms. The van der Waals surface area contributed by atoms with Crippen molar-refractivity contribution < 1.29 is 4.74 Å². The predicted octanol–water partition coefficient (Wildman–Crippen LogP) is 5.08. The maximum absolute atomic E-state index is 5.89. The van der Waals surface area contributed by atoms with Crippen LogP contribution in [0.3, 0.4) is 0 Å². The van der Waals surface area contributed by atoms with Crippen LogP contribution < -0.4 is 10.1 Å². The lowest BCUT2D eigenvalue weighted by atomic mass is 10.0. The van der Waals surface area contributed by atoms with E-state index in [1.807, 2.05) is 6.92 Å². The second-order valence-corrected chi connectivity index (χ2v) is 6.75. The van der Waals surface area contributed by atoms with Crippen molar-refractivity contribution in [2.24, 2.45) is 0 Å². The van der Waals surface area contributed by atoms with Gasteiger partial charge < -0.3 is 10.1 Å². The van der Waals surface area contributed by atoms with Crippen molar-refractivity contribution in [1.29, 1.82) is 0 Å². The van der Waals surface area contributed by atoms with E-state index in [0.717, 1.165) is 28.2 Å². The summed E-state index contributed by atoms with van der Waals surface area (Å²) in [7, 11) is 0. The van der Waals surface area contributed by atoms with Gasteiger partial charge in [-0.05, 0) is 59.8 Å². The van der Waals surface area contributed by atoms with Crippen molar-refractivity contribution in [3.63, 3.8) is 0 Å². The molecule has 0 saturated heterocycles. The Morgan fingerprint density at radius 3 is 2.75 bits per heavy atom. The Bertz CT molecular complexity index is 661. The van der Waals surface area contributed by atoms with Gasteiger partial charge in [-0.2, -0.15) is 0 Å². The van der Waals surface area contributed by atoms with E-state index in [1.54, 1.807) is 6.33 Å². The van der Waals surface area contributed by atoms with Crippen molar-refractivity contribution in [2.45, 2.75) is 46.5 Å². The number of aryl methyl sites for hydroxylation is 3. The number of hydrogen-bond acceptors (Lipinski definition) is 4. The van der Waals surface area contributed by atoms with Crippen LogP contribution in [0.1, 0.15) is 43.0 Å². The molecule has 0 atom stereocenters. The summed E-state index contributed by atoms with van der Waals surface area (Å²) < 4.78 is 6.79. The summed E-state index contributed by atoms with van der Waals surface area (Å²) in [5.41, 5.74) is 3.51. The Morgan fingerprint density at radius 1 is 1.17 bits per heavy atom. The molecule has 24 heavy (non-hydrogen) atoms. The molecular weight excluding hydrogens is 366 g/mol. The lowest BCUT2D eigenvalue weighted by molar-refractivity contribution is 0.330. The summed E-state index contributed by atoms with van der Waals surface area (Å²) in [4.78, 5) is 8.36. The van der Waals surface area contributed by atoms with Crippen LogP contribution in [0.25, 0.3) is 0 Å². The maximum atomic E-state index is 5.89. The molecule has 130 valence electrons. The number of nitrogens with zero attached hydrogens (tertiary/aromatic N) is 2. The summed E-state index contributed by atoms with van der Waals surface area (Å²) in [5, 5.41) is 3.27. The van der Waals surface area contributed by atoms with Crippen LogP contribution in [-0.4, -0.2) is 23.1 Å². The lowest BCUT2D eigenvalue weighted by Gasteiger charge is -2.12. The van der Waals surface area contributed by atoms with E-state index in [4.69, 9.17) is 4.74 Å². The van der Waals surface area contributed by atoms with Crippen LogP contribution >= 0.6 is 15.9 Å². The first-order valence-electron chi connectivity index (χ1n) is 8.55. The second-order valence-electron chi connectivity index (χ2n) is 5.95. The molecule has 1 N–H and O–H groups in total. The van der Waals surface area contributed by atoms with Crippen LogP contribution in [0.5, 0.6) is 5.75 Å². The van der Waals surface area contributed by atoms with Gasteiger partial charge in [0.2, 0.25) is 0 Å². The van der Waals surface area contributed by atoms with Gasteiger partial charge in [0.1, 0.15) is 24.5 Å². The highest BCUT2D eigenvalue weighted by Gasteiger charge is 2.05. The average molecular weight is 392 g/mol. The number of nitrogens with one attached hydrogen (secondary N) is 1. The number of halogens is 1. The van der Waals surface area contributed by atoms with Crippen molar-refractivity contribution in [2.75, 3.05) is 18.5 Å². The van der Waals surface area contributed by atoms with Crippen molar-refractivity contribution in [1.82, 2.24) is 9.97 Å². The summed E-state index contributed by atoms with van der Waals surface area (Å²) in [5.74, 6) is 1.75. The largest absolute Gasteiger partial charge is 0.491 e. The zero-order chi connectivity index (χ0) is 17.4. The van der Waals surface area contributed by atoms with Gasteiger partial charge in [0.15, 0.2) is 0 Å². The first-order valence-corrected chi connectivity index (χ1v) is 9.34. The van der Waals surface area contributed by atoms with E-state index < -0.39 is 0 Å². The first-order chi connectivity index (χ1) is 11.6. The molecule has 4 nitrogen and oxygen atoms in total. The number of aromatic nitrogens is 2. The second kappa shape index (κ2) is 9.62. The average Bonchev–Trinajstić information content (AvgIpc) is 2.57. The molecule has 0 radical (unpaired) electrons. The molecule has 2 aromatic rings. The van der Waals surface area contributed by atoms with Crippen LogP contribution in [0, 0.1) is 13.8 Å². The van der Waals surface area contributed by atoms with E-state index in [2.05, 4.69) is 63.3 Å². The van der Waals surface area contributed by atoms with Crippen molar-refractivity contribution >= 4 is 21.7 Å². The molecule has 0 saturated carbocycles. The monoisotopic (exact) mass is 391 g/mol. The third-order valence-electron chi connectivity index (χ3n) is 3.92. The Labute approximate surface area is 153 Å². The summed E-state index contributed by atoms with van der Waals surface area (Å²) in [6.07, 6.45) is 6.52. The minimum atomic E-state index is 0.589. The lowest BCUT2D eigenvalue weighted by Crippen LogP contribution is -2.13. The number of anilines is 1. The quantitative estimate of drug-likeness (QED) is 0.605. The van der Waals surface area contributed by atoms with Gasteiger partial charge >= 0.3 is 0 Å². The van der Waals surface area contributed by atoms with Crippen LogP contribution in [0.4, 0.5) is 5.82 Å². The Balaban J connectivity index is 1.80. The van der Waals surface area contributed by atoms with Crippen LogP contribution in [0.2, 0.25) is 0 Å². The fourth-order valence-corrected chi connectivity index (χ4v) is 2.86. The normalized spacial score (nSPS) is 10.7. The van der Waals surface area contributed by atoms with E-state index in [1.165, 1.54) is 30.4 Å². The zero-order valence-corrected chi connectivity index (χ0v) is 16.3. The number of unbranched alkanes of at least 4 members (excludes halogenated alkanes) is 2. The van der Waals surface area contributed by atoms with E-state index >= 15 is 0 Å². The number of benzene rings is 1. The number of rotatable bonds is 9. The molecule has 0 unspecified atom stereocenters. The molecule has 1 heterocycles. The maximum Gasteiger partial charge on any atom is 0.144 e. The molecule has 0 fully saturated rings. The standard InChI is InChI=1S/C19H26BrN3O/c1-4-5-6-7-16-8-9-17(14(2)12-16)24-11-10-21-19-18(20)15(3)22-13-23-19/h8-9,12-13H,4-7,10-11H2,1-3H3,(H,21,22,23). The zero-order valence-electron chi connectivity index (χ0n) is 14.7. The molecular formula is C19H26BrN3O. The van der Waals surface area contributed by atoms with E-state index in [9.17, 15) is 0 Å². The highest BCUT2D eigenvalue weighted by Crippen LogP contribution is 2.22. The number of ether oxygens (including phenoxy) is 1. The fourth-order valence-electron chi connectivity index (χ4n) is 2.52. The van der Waals surface area contributed by atoms with Gasteiger partial charge in [0, 0.05) is 0 Å². The first kappa shape index (κ1) is 18.7. The molecule has 5 heteroatoms. The van der Waals surface area contributed by atoms with Crippen LogP contribution in [0.15, 0.2) is 29.0 Å². The minimum Gasteiger partial charge on any atom is -0.491 e. The molecule has 0 aliphatic heterocycles. The summed E-state index contributed by atoms with van der Waals surface area (Å²) >= 11 is 3.49. The van der Waals surface area contributed by atoms with Gasteiger partial charge in [0.05, 0.1) is 16.7 Å². The van der Waals surface area contributed by atoms with Gasteiger partial charge in [-0.3, -0.25) is 0 Å². The molecule has 1 aromatic heterocycles. The minimum absolute atomic E-state index is 0.589. The third-order valence-corrected chi connectivity index (χ3v) is 4.87. The third kappa shape index (κ3) is 5.48. The topological polar surface area (TPSA) is 47.0 Å². The van der Waals surface area contributed by atoms with E-state index in [-0.39, 0.29) is 0 Å². The highest BCUT2D eigenvalue weighted by molar-refractivity contribution is 9.10. The molecule has 0 aliphatic rings. The SMILES string of the molecule is CCCCCc1ccc(OCCNc2ncnc(C)c2Br)c(C)c1. The predicted molar refractivity (Wildman–Crippen MR) is 103 cm³/mol. The summed E-state index contributed by atoms with van der Waals surface area (Å²) in [6, 6.07) is 6.50. The van der Waals surface area contributed by atoms with Crippen LogP contribution in [-0.2, 0) is 6.42 Å². The number of hydrogen-bond donors (Lipinski definition) is 1. The Hall–Kier alpha value is -1.62.